The first-order valence-corrected chi connectivity index (χ1v) is 8.43. The van der Waals surface area contributed by atoms with E-state index >= 15 is 0 Å². The van der Waals surface area contributed by atoms with Gasteiger partial charge in [0.15, 0.2) is 5.13 Å². The summed E-state index contributed by atoms with van der Waals surface area (Å²) < 4.78 is 0. The van der Waals surface area contributed by atoms with Crippen LogP contribution in [0.2, 0.25) is 0 Å². The number of anilines is 1. The standard InChI is InChI=1S/C15H23N3OS/c1-10-5-7-18(8-6-10)9-13-11(2)16-15(20-13)17-14(19)12-3-4-12/h10,12H,3-9H2,1-2H3,(H,16,17,19). The molecule has 1 saturated carbocycles. The van der Waals surface area contributed by atoms with E-state index in [0.29, 0.717) is 0 Å². The third kappa shape index (κ3) is 3.38. The van der Waals surface area contributed by atoms with Crippen molar-refractivity contribution in [3.63, 3.8) is 0 Å². The highest BCUT2D eigenvalue weighted by Gasteiger charge is 2.30. The van der Waals surface area contributed by atoms with E-state index in [0.717, 1.165) is 36.1 Å². The summed E-state index contributed by atoms with van der Waals surface area (Å²) in [5, 5.41) is 3.74. The first-order valence-electron chi connectivity index (χ1n) is 7.61. The fourth-order valence-electron chi connectivity index (χ4n) is 2.60. The highest BCUT2D eigenvalue weighted by Crippen LogP contribution is 2.32. The Morgan fingerprint density at radius 2 is 2.05 bits per heavy atom. The second kappa shape index (κ2) is 5.82. The highest BCUT2D eigenvalue weighted by molar-refractivity contribution is 7.15. The Morgan fingerprint density at radius 3 is 2.70 bits per heavy atom. The maximum Gasteiger partial charge on any atom is 0.229 e. The van der Waals surface area contributed by atoms with Crippen LogP contribution < -0.4 is 5.32 Å². The van der Waals surface area contributed by atoms with Gasteiger partial charge in [0, 0.05) is 17.3 Å². The quantitative estimate of drug-likeness (QED) is 0.928. The molecule has 0 atom stereocenters. The third-order valence-electron chi connectivity index (χ3n) is 4.31. The third-order valence-corrected chi connectivity index (χ3v) is 5.37. The first kappa shape index (κ1) is 14.0. The predicted octanol–water partition coefficient (Wildman–Crippen LogP) is 3.03. The molecule has 110 valence electrons. The van der Waals surface area contributed by atoms with Crippen molar-refractivity contribution in [1.29, 1.82) is 0 Å². The minimum atomic E-state index is 0.150. The van der Waals surface area contributed by atoms with Crippen molar-refractivity contribution in [2.45, 2.75) is 46.1 Å². The van der Waals surface area contributed by atoms with Gasteiger partial charge in [0.2, 0.25) is 5.91 Å². The molecule has 3 rings (SSSR count). The Bertz CT molecular complexity index is 487. The van der Waals surface area contributed by atoms with Crippen LogP contribution in [0, 0.1) is 18.8 Å². The molecule has 1 N–H and O–H groups in total. The van der Waals surface area contributed by atoms with E-state index in [1.807, 2.05) is 6.92 Å². The summed E-state index contributed by atoms with van der Waals surface area (Å²) in [5.41, 5.74) is 1.07. The summed E-state index contributed by atoms with van der Waals surface area (Å²) in [4.78, 5) is 20.1. The molecule has 1 aliphatic carbocycles. The number of likely N-dealkylation sites (tertiary alicyclic amines) is 1. The molecule has 1 amide bonds. The predicted molar refractivity (Wildman–Crippen MR) is 81.9 cm³/mol. The maximum atomic E-state index is 11.8. The molecule has 2 heterocycles. The lowest BCUT2D eigenvalue weighted by molar-refractivity contribution is -0.117. The minimum absolute atomic E-state index is 0.150. The van der Waals surface area contributed by atoms with Crippen molar-refractivity contribution in [3.8, 4) is 0 Å². The Balaban J connectivity index is 1.58. The number of hydrogen-bond acceptors (Lipinski definition) is 4. The van der Waals surface area contributed by atoms with E-state index in [2.05, 4.69) is 22.1 Å². The maximum absolute atomic E-state index is 11.8. The Morgan fingerprint density at radius 1 is 1.35 bits per heavy atom. The molecule has 4 nitrogen and oxygen atoms in total. The van der Waals surface area contributed by atoms with Gasteiger partial charge in [-0.05, 0) is 51.6 Å². The average molecular weight is 293 g/mol. The van der Waals surface area contributed by atoms with Gasteiger partial charge in [-0.3, -0.25) is 9.69 Å². The lowest BCUT2D eigenvalue weighted by Gasteiger charge is -2.29. The van der Waals surface area contributed by atoms with Crippen molar-refractivity contribution in [3.05, 3.63) is 10.6 Å². The number of hydrogen-bond donors (Lipinski definition) is 1. The fraction of sp³-hybridized carbons (Fsp3) is 0.733. The van der Waals surface area contributed by atoms with Crippen LogP contribution in [0.15, 0.2) is 0 Å². The Labute approximate surface area is 124 Å². The number of piperidine rings is 1. The Kier molecular flexibility index (Phi) is 4.08. The molecule has 5 heteroatoms. The number of amides is 1. The van der Waals surface area contributed by atoms with Crippen LogP contribution in [0.5, 0.6) is 0 Å². The van der Waals surface area contributed by atoms with Crippen molar-refractivity contribution < 1.29 is 4.79 Å². The van der Waals surface area contributed by atoms with Gasteiger partial charge in [0.1, 0.15) is 0 Å². The van der Waals surface area contributed by atoms with E-state index in [9.17, 15) is 4.79 Å². The van der Waals surface area contributed by atoms with Crippen LogP contribution in [-0.2, 0) is 11.3 Å². The van der Waals surface area contributed by atoms with Gasteiger partial charge in [0.05, 0.1) is 5.69 Å². The van der Waals surface area contributed by atoms with Crippen LogP contribution in [-0.4, -0.2) is 28.9 Å². The topological polar surface area (TPSA) is 45.2 Å². The molecule has 1 aliphatic heterocycles. The number of thiazole rings is 1. The molecule has 0 radical (unpaired) electrons. The van der Waals surface area contributed by atoms with Crippen LogP contribution in [0.3, 0.4) is 0 Å². The summed E-state index contributed by atoms with van der Waals surface area (Å²) in [6.45, 7) is 7.73. The van der Waals surface area contributed by atoms with Crippen LogP contribution in [0.25, 0.3) is 0 Å². The molecular weight excluding hydrogens is 270 g/mol. The van der Waals surface area contributed by atoms with Crippen LogP contribution in [0.4, 0.5) is 5.13 Å². The van der Waals surface area contributed by atoms with Crippen LogP contribution in [0.1, 0.15) is 43.2 Å². The zero-order chi connectivity index (χ0) is 14.1. The van der Waals surface area contributed by atoms with Gasteiger partial charge < -0.3 is 5.32 Å². The normalized spacial score (nSPS) is 21.1. The zero-order valence-corrected chi connectivity index (χ0v) is 13.1. The molecule has 20 heavy (non-hydrogen) atoms. The zero-order valence-electron chi connectivity index (χ0n) is 12.3. The van der Waals surface area contributed by atoms with E-state index in [4.69, 9.17) is 0 Å². The molecule has 0 spiro atoms. The SMILES string of the molecule is Cc1nc(NC(=O)C2CC2)sc1CN1CCC(C)CC1. The molecule has 1 saturated heterocycles. The smallest absolute Gasteiger partial charge is 0.229 e. The molecule has 1 aromatic heterocycles. The molecule has 2 fully saturated rings. The summed E-state index contributed by atoms with van der Waals surface area (Å²) in [6.07, 6.45) is 4.66. The highest BCUT2D eigenvalue weighted by atomic mass is 32.1. The summed E-state index contributed by atoms with van der Waals surface area (Å²) in [6, 6.07) is 0. The van der Waals surface area contributed by atoms with E-state index in [1.165, 1.54) is 30.8 Å². The fourth-order valence-corrected chi connectivity index (χ4v) is 3.61. The molecule has 0 aromatic carbocycles. The summed E-state index contributed by atoms with van der Waals surface area (Å²) >= 11 is 1.64. The number of rotatable bonds is 4. The van der Waals surface area contributed by atoms with Gasteiger partial charge in [-0.1, -0.05) is 6.92 Å². The second-order valence-electron chi connectivity index (χ2n) is 6.25. The van der Waals surface area contributed by atoms with Gasteiger partial charge in [-0.15, -0.1) is 11.3 Å². The van der Waals surface area contributed by atoms with Crippen LogP contribution >= 0.6 is 11.3 Å². The average Bonchev–Trinajstić information content (AvgIpc) is 3.20. The molecule has 0 bridgehead atoms. The number of nitrogens with zero attached hydrogens (tertiary/aromatic N) is 2. The van der Waals surface area contributed by atoms with Crippen molar-refractivity contribution in [1.82, 2.24) is 9.88 Å². The van der Waals surface area contributed by atoms with E-state index in [1.54, 1.807) is 11.3 Å². The number of aromatic nitrogens is 1. The van der Waals surface area contributed by atoms with Gasteiger partial charge in [-0.25, -0.2) is 4.98 Å². The number of carbonyl (C=O) groups excluding carboxylic acids is 1. The van der Waals surface area contributed by atoms with Gasteiger partial charge >= 0.3 is 0 Å². The Hall–Kier alpha value is -0.940. The molecule has 0 unspecified atom stereocenters. The van der Waals surface area contributed by atoms with Gasteiger partial charge in [0.25, 0.3) is 0 Å². The van der Waals surface area contributed by atoms with Crippen molar-refractivity contribution in [2.75, 3.05) is 18.4 Å². The minimum Gasteiger partial charge on any atom is -0.302 e. The molecular formula is C15H23N3OS. The largest absolute Gasteiger partial charge is 0.302 e. The monoisotopic (exact) mass is 293 g/mol. The molecule has 1 aromatic rings. The number of aryl methyl sites for hydroxylation is 1. The number of carbonyl (C=O) groups is 1. The lowest BCUT2D eigenvalue weighted by Crippen LogP contribution is -2.32. The molecule has 2 aliphatic rings. The van der Waals surface area contributed by atoms with Crippen molar-refractivity contribution in [2.24, 2.45) is 11.8 Å². The summed E-state index contributed by atoms with van der Waals surface area (Å²) in [7, 11) is 0. The first-order chi connectivity index (χ1) is 9.61. The lowest BCUT2D eigenvalue weighted by atomic mass is 9.99. The van der Waals surface area contributed by atoms with Gasteiger partial charge in [-0.2, -0.15) is 0 Å². The number of nitrogens with one attached hydrogen (secondary N) is 1. The summed E-state index contributed by atoms with van der Waals surface area (Å²) in [5.74, 6) is 1.26. The van der Waals surface area contributed by atoms with E-state index in [-0.39, 0.29) is 11.8 Å². The van der Waals surface area contributed by atoms with E-state index < -0.39 is 0 Å². The van der Waals surface area contributed by atoms with Crippen molar-refractivity contribution >= 4 is 22.4 Å². The second-order valence-corrected chi connectivity index (χ2v) is 7.33.